The minimum Gasteiger partial charge on any atom is -0.506 e. The van der Waals surface area contributed by atoms with Crippen molar-refractivity contribution in [3.8, 4) is 28.3 Å². The van der Waals surface area contributed by atoms with E-state index in [1.807, 2.05) is 25.1 Å². The summed E-state index contributed by atoms with van der Waals surface area (Å²) >= 11 is 0. The Bertz CT molecular complexity index is 764. The van der Waals surface area contributed by atoms with E-state index in [1.165, 1.54) is 0 Å². The molecule has 4 N–H and O–H groups in total. The van der Waals surface area contributed by atoms with E-state index in [4.69, 9.17) is 5.73 Å². The highest BCUT2D eigenvalue weighted by molar-refractivity contribution is 5.81. The Morgan fingerprint density at radius 1 is 1.20 bits per heavy atom. The van der Waals surface area contributed by atoms with Gasteiger partial charge >= 0.3 is 0 Å². The first-order valence-corrected chi connectivity index (χ1v) is 6.21. The number of nitrogens with two attached hydrogens (primary N) is 1. The number of phenols is 1. The van der Waals surface area contributed by atoms with Gasteiger partial charge in [0.1, 0.15) is 5.75 Å². The maximum Gasteiger partial charge on any atom is 0.138 e. The Morgan fingerprint density at radius 2 is 2.05 bits per heavy atom. The van der Waals surface area contributed by atoms with E-state index in [-0.39, 0.29) is 5.75 Å². The Balaban J connectivity index is 2.12. The molecule has 0 aliphatic carbocycles. The van der Waals surface area contributed by atoms with Crippen LogP contribution in [-0.4, -0.2) is 20.3 Å². The summed E-state index contributed by atoms with van der Waals surface area (Å²) in [4.78, 5) is 4.49. The van der Waals surface area contributed by atoms with E-state index in [0.717, 1.165) is 28.2 Å². The fraction of sp³-hybridized carbons (Fsp3) is 0.0667. The molecule has 0 saturated carbocycles. The lowest BCUT2D eigenvalue weighted by molar-refractivity contribution is 0.478. The number of aromatic hydroxyl groups is 1. The number of aryl methyl sites for hydroxylation is 1. The van der Waals surface area contributed by atoms with Crippen LogP contribution < -0.4 is 5.73 Å². The predicted molar refractivity (Wildman–Crippen MR) is 78.1 cm³/mol. The second-order valence-corrected chi connectivity index (χ2v) is 4.60. The second kappa shape index (κ2) is 4.70. The van der Waals surface area contributed by atoms with Crippen molar-refractivity contribution in [2.75, 3.05) is 5.73 Å². The van der Waals surface area contributed by atoms with Crippen LogP contribution >= 0.6 is 0 Å². The van der Waals surface area contributed by atoms with Crippen molar-refractivity contribution in [2.45, 2.75) is 6.92 Å². The molecule has 0 amide bonds. The molecule has 0 unspecified atom stereocenters. The highest BCUT2D eigenvalue weighted by Gasteiger charge is 2.12. The Morgan fingerprint density at radius 3 is 2.80 bits per heavy atom. The van der Waals surface area contributed by atoms with Crippen molar-refractivity contribution in [1.82, 2.24) is 15.2 Å². The summed E-state index contributed by atoms with van der Waals surface area (Å²) in [7, 11) is 0. The number of nitrogens with zero attached hydrogens (tertiary/aromatic N) is 2. The third-order valence-electron chi connectivity index (χ3n) is 3.12. The second-order valence-electron chi connectivity index (χ2n) is 4.60. The van der Waals surface area contributed by atoms with Gasteiger partial charge in [0.2, 0.25) is 0 Å². The van der Waals surface area contributed by atoms with E-state index in [1.54, 1.807) is 24.4 Å². The van der Waals surface area contributed by atoms with Gasteiger partial charge in [-0.25, -0.2) is 0 Å². The zero-order chi connectivity index (χ0) is 14.1. The average Bonchev–Trinajstić information content (AvgIpc) is 2.91. The third-order valence-corrected chi connectivity index (χ3v) is 3.12. The quantitative estimate of drug-likeness (QED) is 0.491. The van der Waals surface area contributed by atoms with Gasteiger partial charge in [-0.1, -0.05) is 12.1 Å². The predicted octanol–water partition coefficient (Wildman–Crippen LogP) is 2.73. The summed E-state index contributed by atoms with van der Waals surface area (Å²) in [5, 5.41) is 16.6. The fourth-order valence-corrected chi connectivity index (χ4v) is 2.10. The Labute approximate surface area is 116 Å². The third kappa shape index (κ3) is 2.09. The van der Waals surface area contributed by atoms with Gasteiger partial charge in [0.15, 0.2) is 0 Å². The van der Waals surface area contributed by atoms with Gasteiger partial charge in [-0.15, -0.1) is 0 Å². The van der Waals surface area contributed by atoms with Gasteiger partial charge < -0.3 is 10.8 Å². The van der Waals surface area contributed by atoms with Gasteiger partial charge in [-0.3, -0.25) is 10.1 Å². The first-order chi connectivity index (χ1) is 9.65. The molecule has 0 radical (unpaired) electrons. The lowest BCUT2D eigenvalue weighted by atomic mass is 10.0. The molecule has 0 aliphatic rings. The first kappa shape index (κ1) is 12.2. The minimum atomic E-state index is 0.0764. The van der Waals surface area contributed by atoms with E-state index >= 15 is 0 Å². The number of benzene rings is 1. The van der Waals surface area contributed by atoms with Crippen LogP contribution in [0.2, 0.25) is 0 Å². The molecule has 5 nitrogen and oxygen atoms in total. The van der Waals surface area contributed by atoms with Crippen molar-refractivity contribution >= 4 is 5.69 Å². The number of rotatable bonds is 2. The number of pyridine rings is 1. The SMILES string of the molecule is Cc1cccc(-c2[nH]ncc2-c2ccc(O)c(N)c2)n1. The number of hydrogen-bond acceptors (Lipinski definition) is 4. The molecule has 0 aliphatic heterocycles. The molecule has 0 fully saturated rings. The molecule has 0 atom stereocenters. The number of H-pyrrole nitrogens is 1. The van der Waals surface area contributed by atoms with Crippen LogP contribution in [0.15, 0.2) is 42.6 Å². The molecule has 0 spiro atoms. The highest BCUT2D eigenvalue weighted by atomic mass is 16.3. The number of nitrogens with one attached hydrogen (secondary N) is 1. The van der Waals surface area contributed by atoms with Crippen LogP contribution in [0.1, 0.15) is 5.69 Å². The topological polar surface area (TPSA) is 87.8 Å². The molecule has 3 rings (SSSR count). The van der Waals surface area contributed by atoms with Crippen LogP contribution in [0, 0.1) is 6.92 Å². The summed E-state index contributed by atoms with van der Waals surface area (Å²) < 4.78 is 0. The van der Waals surface area contributed by atoms with E-state index in [9.17, 15) is 5.11 Å². The minimum absolute atomic E-state index is 0.0764. The molecule has 0 bridgehead atoms. The van der Waals surface area contributed by atoms with Crippen LogP contribution in [0.25, 0.3) is 22.5 Å². The molecule has 20 heavy (non-hydrogen) atoms. The number of anilines is 1. The maximum absolute atomic E-state index is 9.50. The van der Waals surface area contributed by atoms with Gasteiger partial charge in [-0.05, 0) is 36.8 Å². The first-order valence-electron chi connectivity index (χ1n) is 6.21. The fourth-order valence-electron chi connectivity index (χ4n) is 2.10. The standard InChI is InChI=1S/C15H14N4O/c1-9-3-2-4-13(18-9)15-11(8-17-19-15)10-5-6-14(20)12(16)7-10/h2-8,20H,16H2,1H3,(H,17,19). The van der Waals surface area contributed by atoms with Crippen LogP contribution in [0.3, 0.4) is 0 Å². The van der Waals surface area contributed by atoms with E-state index in [2.05, 4.69) is 15.2 Å². The van der Waals surface area contributed by atoms with E-state index in [0.29, 0.717) is 5.69 Å². The Kier molecular flexibility index (Phi) is 2.87. The monoisotopic (exact) mass is 266 g/mol. The van der Waals surface area contributed by atoms with Gasteiger partial charge in [0.05, 0.1) is 23.3 Å². The number of nitrogen functional groups attached to an aromatic ring is 1. The Hall–Kier alpha value is -2.82. The molecule has 100 valence electrons. The average molecular weight is 266 g/mol. The largest absolute Gasteiger partial charge is 0.506 e. The number of aromatic amines is 1. The number of aromatic nitrogens is 3. The summed E-state index contributed by atoms with van der Waals surface area (Å²) in [6.07, 6.45) is 1.73. The van der Waals surface area contributed by atoms with Crippen molar-refractivity contribution in [2.24, 2.45) is 0 Å². The van der Waals surface area contributed by atoms with Crippen molar-refractivity contribution < 1.29 is 5.11 Å². The normalized spacial score (nSPS) is 10.7. The molecule has 0 saturated heterocycles. The van der Waals surface area contributed by atoms with Crippen LogP contribution in [-0.2, 0) is 0 Å². The van der Waals surface area contributed by atoms with Gasteiger partial charge in [0.25, 0.3) is 0 Å². The summed E-state index contributed by atoms with van der Waals surface area (Å²) in [5.41, 5.74) is 10.5. The number of phenolic OH excluding ortho intramolecular Hbond substituents is 1. The molecule has 2 aromatic heterocycles. The molecule has 1 aromatic carbocycles. The van der Waals surface area contributed by atoms with Crippen molar-refractivity contribution in [3.63, 3.8) is 0 Å². The van der Waals surface area contributed by atoms with E-state index < -0.39 is 0 Å². The maximum atomic E-state index is 9.50. The molecule has 5 heteroatoms. The zero-order valence-electron chi connectivity index (χ0n) is 11.0. The molecular weight excluding hydrogens is 252 g/mol. The van der Waals surface area contributed by atoms with Crippen molar-refractivity contribution in [1.29, 1.82) is 0 Å². The van der Waals surface area contributed by atoms with Crippen molar-refractivity contribution in [3.05, 3.63) is 48.3 Å². The van der Waals surface area contributed by atoms with Gasteiger partial charge in [-0.2, -0.15) is 5.10 Å². The molecule has 3 aromatic rings. The lowest BCUT2D eigenvalue weighted by Crippen LogP contribution is -1.90. The lowest BCUT2D eigenvalue weighted by Gasteiger charge is -2.06. The van der Waals surface area contributed by atoms with Crippen LogP contribution in [0.5, 0.6) is 5.75 Å². The summed E-state index contributed by atoms with van der Waals surface area (Å²) in [6, 6.07) is 10.9. The zero-order valence-corrected chi connectivity index (χ0v) is 11.0. The highest BCUT2D eigenvalue weighted by Crippen LogP contribution is 2.32. The molecule has 2 heterocycles. The van der Waals surface area contributed by atoms with Gasteiger partial charge in [0, 0.05) is 11.3 Å². The van der Waals surface area contributed by atoms with Crippen LogP contribution in [0.4, 0.5) is 5.69 Å². The summed E-state index contributed by atoms with van der Waals surface area (Å²) in [6.45, 7) is 1.94. The smallest absolute Gasteiger partial charge is 0.138 e. The summed E-state index contributed by atoms with van der Waals surface area (Å²) in [5.74, 6) is 0.0764. The molecular formula is C15H14N4O. The number of hydrogen-bond donors (Lipinski definition) is 3.